The smallest absolute Gasteiger partial charge is 0.303 e. The Morgan fingerprint density at radius 2 is 1.53 bits per heavy atom. The highest BCUT2D eigenvalue weighted by molar-refractivity contribution is 5.88. The highest BCUT2D eigenvalue weighted by atomic mass is 16.7. The first-order chi connectivity index (χ1) is 21.3. The van der Waals surface area contributed by atoms with Crippen LogP contribution in [0.15, 0.2) is 45.6 Å². The van der Waals surface area contributed by atoms with Crippen molar-refractivity contribution >= 4 is 16.9 Å². The molecular formula is C29H32O16. The van der Waals surface area contributed by atoms with Crippen LogP contribution in [0.2, 0.25) is 0 Å². The van der Waals surface area contributed by atoms with Gasteiger partial charge in [0.25, 0.3) is 0 Å². The Bertz CT molecular complexity index is 1590. The molecule has 16 nitrogen and oxygen atoms in total. The van der Waals surface area contributed by atoms with E-state index >= 15 is 0 Å². The summed E-state index contributed by atoms with van der Waals surface area (Å²) in [6.07, 6.45) is -16.0. The molecule has 0 bridgehead atoms. The second kappa shape index (κ2) is 12.8. The van der Waals surface area contributed by atoms with Crippen molar-refractivity contribution in [3.05, 3.63) is 46.6 Å². The van der Waals surface area contributed by atoms with Crippen LogP contribution in [0.4, 0.5) is 0 Å². The fourth-order valence-corrected chi connectivity index (χ4v) is 5.22. The first-order valence-corrected chi connectivity index (χ1v) is 13.8. The molecule has 0 unspecified atom stereocenters. The quantitative estimate of drug-likeness (QED) is 0.147. The summed E-state index contributed by atoms with van der Waals surface area (Å²) >= 11 is 0. The van der Waals surface area contributed by atoms with Gasteiger partial charge in [-0.1, -0.05) is 0 Å². The highest BCUT2D eigenvalue weighted by Gasteiger charge is 2.52. The number of aromatic hydroxyl groups is 3. The van der Waals surface area contributed by atoms with Gasteiger partial charge < -0.3 is 69.0 Å². The van der Waals surface area contributed by atoms with Crippen LogP contribution in [-0.4, -0.2) is 115 Å². The van der Waals surface area contributed by atoms with Gasteiger partial charge in [-0.3, -0.25) is 9.59 Å². The number of phenolic OH excluding ortho intramolecular Hbond substituents is 3. The Hall–Kier alpha value is -4.00. The number of ether oxygens (including phenoxy) is 5. The van der Waals surface area contributed by atoms with E-state index in [0.29, 0.717) is 0 Å². The van der Waals surface area contributed by atoms with Gasteiger partial charge in [0.05, 0.1) is 12.7 Å². The first-order valence-electron chi connectivity index (χ1n) is 13.8. The second-order valence-electron chi connectivity index (χ2n) is 10.7. The molecule has 0 aliphatic carbocycles. The average molecular weight is 637 g/mol. The Balaban J connectivity index is 1.45. The molecule has 2 saturated heterocycles. The zero-order valence-corrected chi connectivity index (χ0v) is 23.8. The number of hydrogen-bond acceptors (Lipinski definition) is 16. The summed E-state index contributed by atoms with van der Waals surface area (Å²) in [5, 5.41) is 82.1. The topological polar surface area (TPSA) is 255 Å². The van der Waals surface area contributed by atoms with Crippen LogP contribution < -0.4 is 10.2 Å². The van der Waals surface area contributed by atoms with Crippen molar-refractivity contribution < 1.29 is 73.7 Å². The fraction of sp³-hybridized carbons (Fsp3) is 0.448. The molecular weight excluding hydrogens is 604 g/mol. The minimum atomic E-state index is -1.91. The molecule has 3 heterocycles. The van der Waals surface area contributed by atoms with Crippen LogP contribution >= 0.6 is 0 Å². The van der Waals surface area contributed by atoms with Crippen LogP contribution in [0.3, 0.4) is 0 Å². The molecule has 0 amide bonds. The summed E-state index contributed by atoms with van der Waals surface area (Å²) in [6, 6.07) is 7.40. The highest BCUT2D eigenvalue weighted by Crippen LogP contribution is 2.38. The van der Waals surface area contributed by atoms with E-state index in [1.165, 1.54) is 31.2 Å². The number of carbonyl (C=O) groups excluding carboxylic acids is 1. The maximum atomic E-state index is 13.6. The lowest BCUT2D eigenvalue weighted by atomic mass is 9.97. The number of carbonyl (C=O) groups is 1. The molecule has 0 saturated carbocycles. The standard InChI is InChI=1S/C29H32O16/c1-10-24(44-29-27(41-11(2)31)21(37)19(35)17(9-30)43-29)22(38)23(39)28(40-10)45-26-20(36)18-15(34)7-14(33)8-16(18)42-25(26)12-3-5-13(32)6-4-12/h3-8,10,17,19,21-24,27-30,32-35,37-39H,9H2,1-2H3/t10-,17+,19+,21-,22-,23+,24-,27+,28-,29-/m0/s1. The number of rotatable bonds is 7. The summed E-state index contributed by atoms with van der Waals surface area (Å²) in [5.41, 5.74) is -0.909. The van der Waals surface area contributed by atoms with Crippen molar-refractivity contribution in [3.8, 4) is 34.3 Å². The lowest BCUT2D eigenvalue weighted by molar-refractivity contribution is -0.349. The molecule has 3 aromatic rings. The van der Waals surface area contributed by atoms with E-state index in [4.69, 9.17) is 28.1 Å². The summed E-state index contributed by atoms with van der Waals surface area (Å²) < 4.78 is 33.7. The molecule has 10 atom stereocenters. The van der Waals surface area contributed by atoms with Crippen molar-refractivity contribution in [1.29, 1.82) is 0 Å². The Labute approximate surface area is 253 Å². The van der Waals surface area contributed by atoms with Crippen LogP contribution in [0.1, 0.15) is 13.8 Å². The van der Waals surface area contributed by atoms with E-state index < -0.39 is 96.7 Å². The number of benzene rings is 2. The van der Waals surface area contributed by atoms with Gasteiger partial charge in [0.2, 0.25) is 17.5 Å². The molecule has 16 heteroatoms. The average Bonchev–Trinajstić information content (AvgIpc) is 2.98. The lowest BCUT2D eigenvalue weighted by Gasteiger charge is -2.46. The predicted octanol–water partition coefficient (Wildman–Crippen LogP) is -0.822. The molecule has 2 aliphatic heterocycles. The number of phenols is 3. The van der Waals surface area contributed by atoms with Gasteiger partial charge in [0, 0.05) is 24.6 Å². The van der Waals surface area contributed by atoms with Crippen molar-refractivity contribution in [1.82, 2.24) is 0 Å². The third kappa shape index (κ3) is 6.27. The van der Waals surface area contributed by atoms with E-state index in [1.807, 2.05) is 0 Å². The van der Waals surface area contributed by atoms with Gasteiger partial charge in [0.1, 0.15) is 64.8 Å². The number of hydrogen-bond donors (Lipinski definition) is 8. The van der Waals surface area contributed by atoms with Crippen molar-refractivity contribution in [2.75, 3.05) is 6.61 Å². The minimum absolute atomic E-state index is 0.0982. The molecule has 2 fully saturated rings. The third-order valence-electron chi connectivity index (χ3n) is 7.48. The lowest BCUT2D eigenvalue weighted by Crippen LogP contribution is -2.64. The van der Waals surface area contributed by atoms with Gasteiger partial charge in [-0.05, 0) is 31.2 Å². The molecule has 45 heavy (non-hydrogen) atoms. The molecule has 244 valence electrons. The van der Waals surface area contributed by atoms with Crippen LogP contribution in [0.25, 0.3) is 22.3 Å². The van der Waals surface area contributed by atoms with Gasteiger partial charge in [0.15, 0.2) is 18.2 Å². The normalized spacial score (nSPS) is 31.9. The van der Waals surface area contributed by atoms with Gasteiger partial charge in [-0.15, -0.1) is 0 Å². The number of esters is 1. The van der Waals surface area contributed by atoms with Crippen molar-refractivity contribution in [2.24, 2.45) is 0 Å². The van der Waals surface area contributed by atoms with Gasteiger partial charge in [-0.2, -0.15) is 0 Å². The van der Waals surface area contributed by atoms with E-state index in [0.717, 1.165) is 19.1 Å². The van der Waals surface area contributed by atoms with E-state index in [-0.39, 0.29) is 28.0 Å². The molecule has 0 radical (unpaired) electrons. The molecule has 5 rings (SSSR count). The number of fused-ring (bicyclic) bond motifs is 1. The first kappa shape index (κ1) is 32.4. The van der Waals surface area contributed by atoms with Crippen molar-refractivity contribution in [2.45, 2.75) is 75.3 Å². The Morgan fingerprint density at radius 1 is 0.867 bits per heavy atom. The fourth-order valence-electron chi connectivity index (χ4n) is 5.22. The molecule has 0 spiro atoms. The Kier molecular flexibility index (Phi) is 9.20. The summed E-state index contributed by atoms with van der Waals surface area (Å²) in [6.45, 7) is 1.71. The number of aliphatic hydroxyl groups is 5. The molecule has 2 aromatic carbocycles. The summed E-state index contributed by atoms with van der Waals surface area (Å²) in [4.78, 5) is 25.3. The minimum Gasteiger partial charge on any atom is -0.508 e. The predicted molar refractivity (Wildman–Crippen MR) is 148 cm³/mol. The SMILES string of the molecule is CC(=O)O[C@H]1[C@H](O[C@@H]2[C@@H](O)[C@@H](O)[C@H](Oc3c(-c4ccc(O)cc4)oc4cc(O)cc(O)c4c3=O)O[C@H]2C)O[C@H](CO)[C@@H](O)[C@@H]1O. The van der Waals surface area contributed by atoms with Crippen LogP contribution in [-0.2, 0) is 23.7 Å². The summed E-state index contributed by atoms with van der Waals surface area (Å²) in [5.74, 6) is -2.75. The molecule has 1 aromatic heterocycles. The van der Waals surface area contributed by atoms with E-state index in [9.17, 15) is 50.4 Å². The summed E-state index contributed by atoms with van der Waals surface area (Å²) in [7, 11) is 0. The molecule has 8 N–H and O–H groups in total. The van der Waals surface area contributed by atoms with E-state index in [2.05, 4.69) is 0 Å². The van der Waals surface area contributed by atoms with Gasteiger partial charge in [-0.25, -0.2) is 0 Å². The van der Waals surface area contributed by atoms with Crippen LogP contribution in [0, 0.1) is 0 Å². The molecule has 2 aliphatic rings. The van der Waals surface area contributed by atoms with Crippen molar-refractivity contribution in [3.63, 3.8) is 0 Å². The largest absolute Gasteiger partial charge is 0.508 e. The zero-order valence-electron chi connectivity index (χ0n) is 23.8. The monoisotopic (exact) mass is 636 g/mol. The maximum Gasteiger partial charge on any atom is 0.303 e. The second-order valence-corrected chi connectivity index (χ2v) is 10.7. The Morgan fingerprint density at radius 3 is 2.18 bits per heavy atom. The van der Waals surface area contributed by atoms with Gasteiger partial charge >= 0.3 is 5.97 Å². The number of aliphatic hydroxyl groups excluding tert-OH is 5. The maximum absolute atomic E-state index is 13.6. The third-order valence-corrected chi connectivity index (χ3v) is 7.48. The van der Waals surface area contributed by atoms with E-state index in [1.54, 1.807) is 0 Å². The zero-order chi connectivity index (χ0) is 32.7. The van der Waals surface area contributed by atoms with Crippen LogP contribution in [0.5, 0.6) is 23.0 Å².